The number of carbonyl (C=O) groups excluding carboxylic acids is 1. The van der Waals surface area contributed by atoms with Crippen LogP contribution < -0.4 is 14.2 Å². The number of amides is 1. The van der Waals surface area contributed by atoms with Crippen molar-refractivity contribution in [2.45, 2.75) is 18.9 Å². The number of methoxy groups -OCH3 is 1. The number of benzene rings is 3. The molecule has 3 aromatic carbocycles. The molecule has 2 aliphatic rings. The van der Waals surface area contributed by atoms with Gasteiger partial charge in [-0.1, -0.05) is 30.3 Å². The molecule has 7 heteroatoms. The molecule has 32 heavy (non-hydrogen) atoms. The maximum Gasteiger partial charge on any atom is 0.257 e. The van der Waals surface area contributed by atoms with Gasteiger partial charge in [-0.3, -0.25) is 9.52 Å². The van der Waals surface area contributed by atoms with E-state index in [2.05, 4.69) is 10.8 Å². The van der Waals surface area contributed by atoms with Gasteiger partial charge in [-0.25, -0.2) is 8.60 Å². The molecule has 1 aliphatic heterocycles. The molecule has 0 spiro atoms. The van der Waals surface area contributed by atoms with E-state index in [9.17, 15) is 13.4 Å². The molecular formula is C25H20FNO4S. The minimum absolute atomic E-state index is 0.106. The molecule has 1 heterocycles. The molecule has 0 radical (unpaired) electrons. The average molecular weight is 450 g/mol. The molecule has 2 atom stereocenters. The quantitative estimate of drug-likeness (QED) is 0.613. The van der Waals surface area contributed by atoms with Crippen molar-refractivity contribution < 1.29 is 22.9 Å². The van der Waals surface area contributed by atoms with Crippen molar-refractivity contribution in [1.29, 1.82) is 0 Å². The van der Waals surface area contributed by atoms with E-state index in [0.717, 1.165) is 29.5 Å². The normalized spacial score (nSPS) is 19.3. The highest BCUT2D eigenvalue weighted by atomic mass is 32.2. The highest BCUT2D eigenvalue weighted by molar-refractivity contribution is 7.93. The number of hydrogen-bond acceptors (Lipinski definition) is 4. The van der Waals surface area contributed by atoms with Crippen LogP contribution >= 0.6 is 0 Å². The Bertz CT molecular complexity index is 1270. The van der Waals surface area contributed by atoms with Gasteiger partial charge < -0.3 is 9.47 Å². The highest BCUT2D eigenvalue weighted by Gasteiger charge is 2.27. The standard InChI is InChI=1S/C25H20FNO4S/c1-30-23-13-16(26)7-10-21(23)18-3-2-4-20-19(18)11-12-22(20)31-17-8-5-15(6-9-17)24-14-25(28)27-32(24)29/h2-10,13-14,22H,11-12H2,1H3,(H,27,28). The molecule has 0 fully saturated rings. The minimum Gasteiger partial charge on any atom is -0.496 e. The summed E-state index contributed by atoms with van der Waals surface area (Å²) in [6.45, 7) is 0. The van der Waals surface area contributed by atoms with E-state index >= 15 is 0 Å². The van der Waals surface area contributed by atoms with Crippen LogP contribution in [0.5, 0.6) is 11.5 Å². The molecule has 5 nitrogen and oxygen atoms in total. The molecule has 0 saturated heterocycles. The van der Waals surface area contributed by atoms with Crippen molar-refractivity contribution in [3.05, 3.63) is 89.2 Å². The first kappa shape index (κ1) is 20.5. The topological polar surface area (TPSA) is 64.6 Å². The summed E-state index contributed by atoms with van der Waals surface area (Å²) < 4.78 is 39.6. The fourth-order valence-electron chi connectivity index (χ4n) is 4.28. The van der Waals surface area contributed by atoms with Gasteiger partial charge in [0.15, 0.2) is 11.0 Å². The van der Waals surface area contributed by atoms with E-state index in [1.165, 1.54) is 23.8 Å². The molecule has 0 saturated carbocycles. The van der Waals surface area contributed by atoms with Gasteiger partial charge in [-0.15, -0.1) is 0 Å². The second-order valence-electron chi connectivity index (χ2n) is 7.63. The Morgan fingerprint density at radius 3 is 2.59 bits per heavy atom. The monoisotopic (exact) mass is 449 g/mol. The zero-order chi connectivity index (χ0) is 22.2. The van der Waals surface area contributed by atoms with Crippen molar-refractivity contribution in [1.82, 2.24) is 4.72 Å². The lowest BCUT2D eigenvalue weighted by atomic mass is 9.96. The first-order valence-corrected chi connectivity index (χ1v) is 11.4. The van der Waals surface area contributed by atoms with Crippen LogP contribution in [0.3, 0.4) is 0 Å². The fraction of sp³-hybridized carbons (Fsp3) is 0.160. The summed E-state index contributed by atoms with van der Waals surface area (Å²) in [6.07, 6.45) is 2.91. The molecule has 5 rings (SSSR count). The lowest BCUT2D eigenvalue weighted by molar-refractivity contribution is -0.114. The van der Waals surface area contributed by atoms with Crippen molar-refractivity contribution in [2.24, 2.45) is 0 Å². The van der Waals surface area contributed by atoms with Gasteiger partial charge in [-0.05, 0) is 59.4 Å². The number of hydrogen-bond donors (Lipinski definition) is 1. The van der Waals surface area contributed by atoms with Crippen LogP contribution in [0.25, 0.3) is 16.0 Å². The van der Waals surface area contributed by atoms with Crippen LogP contribution in [-0.4, -0.2) is 17.2 Å². The zero-order valence-corrected chi connectivity index (χ0v) is 18.1. The van der Waals surface area contributed by atoms with E-state index in [1.807, 2.05) is 24.3 Å². The third kappa shape index (κ3) is 3.69. The number of rotatable bonds is 5. The Balaban J connectivity index is 1.40. The molecule has 1 aliphatic carbocycles. The first-order valence-electron chi connectivity index (χ1n) is 10.2. The van der Waals surface area contributed by atoms with Crippen molar-refractivity contribution in [3.63, 3.8) is 0 Å². The van der Waals surface area contributed by atoms with Gasteiger partial charge in [0.1, 0.15) is 23.4 Å². The van der Waals surface area contributed by atoms with Gasteiger partial charge in [0.25, 0.3) is 5.91 Å². The Morgan fingerprint density at radius 2 is 1.88 bits per heavy atom. The molecule has 1 N–H and O–H groups in total. The maximum absolute atomic E-state index is 13.7. The zero-order valence-electron chi connectivity index (χ0n) is 17.3. The summed E-state index contributed by atoms with van der Waals surface area (Å²) in [4.78, 5) is 11.9. The number of carbonyl (C=O) groups is 1. The Morgan fingerprint density at radius 1 is 1.06 bits per heavy atom. The van der Waals surface area contributed by atoms with Crippen LogP contribution in [0.15, 0.2) is 66.7 Å². The van der Waals surface area contributed by atoms with Crippen molar-refractivity contribution >= 4 is 21.8 Å². The van der Waals surface area contributed by atoms with Crippen LogP contribution in [0.4, 0.5) is 4.39 Å². The van der Waals surface area contributed by atoms with Crippen molar-refractivity contribution in [3.8, 4) is 22.6 Å². The van der Waals surface area contributed by atoms with E-state index in [4.69, 9.17) is 9.47 Å². The van der Waals surface area contributed by atoms with Crippen LogP contribution in [0, 0.1) is 5.82 Å². The first-order chi connectivity index (χ1) is 15.5. The molecule has 162 valence electrons. The summed E-state index contributed by atoms with van der Waals surface area (Å²) in [6, 6.07) is 17.9. The summed E-state index contributed by atoms with van der Waals surface area (Å²) >= 11 is 0. The minimum atomic E-state index is -1.52. The van der Waals surface area contributed by atoms with E-state index in [0.29, 0.717) is 22.0 Å². The van der Waals surface area contributed by atoms with Crippen LogP contribution in [0.2, 0.25) is 0 Å². The lowest BCUT2D eigenvalue weighted by Gasteiger charge is -2.17. The predicted molar refractivity (Wildman–Crippen MR) is 121 cm³/mol. The number of nitrogens with one attached hydrogen (secondary N) is 1. The summed E-state index contributed by atoms with van der Waals surface area (Å²) in [5.74, 6) is 0.514. The van der Waals surface area contributed by atoms with E-state index in [-0.39, 0.29) is 17.8 Å². The summed E-state index contributed by atoms with van der Waals surface area (Å²) in [5, 5.41) is 0. The van der Waals surface area contributed by atoms with Gasteiger partial charge >= 0.3 is 0 Å². The highest BCUT2D eigenvalue weighted by Crippen LogP contribution is 2.42. The SMILES string of the molecule is COc1cc(F)ccc1-c1cccc2c1CCC2Oc1ccc(C2=CC(=O)NS2=O)cc1. The van der Waals surface area contributed by atoms with Gasteiger partial charge in [-0.2, -0.15) is 0 Å². The van der Waals surface area contributed by atoms with Crippen molar-refractivity contribution in [2.75, 3.05) is 7.11 Å². The molecule has 0 aromatic heterocycles. The fourth-order valence-corrected chi connectivity index (χ4v) is 5.20. The lowest BCUT2D eigenvalue weighted by Crippen LogP contribution is -2.16. The maximum atomic E-state index is 13.7. The van der Waals surface area contributed by atoms with Crippen LogP contribution in [-0.2, 0) is 22.2 Å². The summed E-state index contributed by atoms with van der Waals surface area (Å²) in [5.41, 5.74) is 4.87. The van der Waals surface area contributed by atoms with E-state index in [1.54, 1.807) is 25.3 Å². The molecule has 0 bridgehead atoms. The summed E-state index contributed by atoms with van der Waals surface area (Å²) in [7, 11) is 0.0215. The van der Waals surface area contributed by atoms with Gasteiger partial charge in [0, 0.05) is 17.7 Å². The third-order valence-electron chi connectivity index (χ3n) is 5.74. The largest absolute Gasteiger partial charge is 0.496 e. The Labute approximate surface area is 187 Å². The number of ether oxygens (including phenoxy) is 2. The number of halogens is 1. The Kier molecular flexibility index (Phi) is 5.27. The molecule has 1 amide bonds. The second-order valence-corrected chi connectivity index (χ2v) is 8.81. The van der Waals surface area contributed by atoms with Gasteiger partial charge in [0.2, 0.25) is 0 Å². The van der Waals surface area contributed by atoms with Gasteiger partial charge in [0.05, 0.1) is 12.0 Å². The average Bonchev–Trinajstić information content (AvgIpc) is 3.36. The smallest absolute Gasteiger partial charge is 0.257 e. The number of fused-ring (bicyclic) bond motifs is 1. The third-order valence-corrected chi connectivity index (χ3v) is 6.88. The predicted octanol–water partition coefficient (Wildman–Crippen LogP) is 4.70. The second kappa shape index (κ2) is 8.24. The Hall–Kier alpha value is -3.45. The molecular weight excluding hydrogens is 429 g/mol. The molecule has 2 unspecified atom stereocenters. The van der Waals surface area contributed by atoms with E-state index < -0.39 is 11.0 Å². The van der Waals surface area contributed by atoms with Crippen LogP contribution in [0.1, 0.15) is 29.2 Å². The molecule has 3 aromatic rings.